The molecule has 1 aliphatic rings. The molecule has 0 bridgehead atoms. The van der Waals surface area contributed by atoms with Crippen molar-refractivity contribution in [3.63, 3.8) is 0 Å². The number of para-hydroxylation sites is 1. The largest absolute Gasteiger partial charge is 0.296 e. The molecule has 0 aliphatic carbocycles. The SMILES string of the molecule is N#Cc1ccc(CSc2nnc(CN3CCCC3)n2-c2ccccc2)cc1. The lowest BCUT2D eigenvalue weighted by atomic mass is 10.2. The maximum Gasteiger partial charge on any atom is 0.196 e. The summed E-state index contributed by atoms with van der Waals surface area (Å²) in [6.07, 6.45) is 2.53. The van der Waals surface area contributed by atoms with E-state index in [0.717, 1.165) is 42.1 Å². The first-order valence-corrected chi connectivity index (χ1v) is 10.2. The van der Waals surface area contributed by atoms with Gasteiger partial charge in [-0.25, -0.2) is 0 Å². The number of nitrogens with zero attached hydrogens (tertiary/aromatic N) is 5. The average molecular weight is 376 g/mol. The summed E-state index contributed by atoms with van der Waals surface area (Å²) in [7, 11) is 0. The number of benzene rings is 2. The number of likely N-dealkylation sites (tertiary alicyclic amines) is 1. The normalized spacial score (nSPS) is 14.3. The summed E-state index contributed by atoms with van der Waals surface area (Å²) in [5.74, 6) is 1.78. The highest BCUT2D eigenvalue weighted by Gasteiger charge is 2.19. The van der Waals surface area contributed by atoms with E-state index in [-0.39, 0.29) is 0 Å². The number of nitriles is 1. The highest BCUT2D eigenvalue weighted by Crippen LogP contribution is 2.26. The summed E-state index contributed by atoms with van der Waals surface area (Å²) in [6.45, 7) is 3.10. The third kappa shape index (κ3) is 4.21. The van der Waals surface area contributed by atoms with Gasteiger partial charge in [0.05, 0.1) is 18.2 Å². The Hall–Kier alpha value is -2.62. The van der Waals surface area contributed by atoms with E-state index in [4.69, 9.17) is 5.26 Å². The van der Waals surface area contributed by atoms with Crippen molar-refractivity contribution < 1.29 is 0 Å². The first-order valence-electron chi connectivity index (χ1n) is 9.17. The van der Waals surface area contributed by atoms with Crippen LogP contribution in [-0.2, 0) is 12.3 Å². The van der Waals surface area contributed by atoms with Crippen molar-refractivity contribution in [3.8, 4) is 11.8 Å². The number of hydrogen-bond donors (Lipinski definition) is 0. The molecular formula is C21H21N5S. The Morgan fingerprint density at radius 3 is 2.41 bits per heavy atom. The summed E-state index contributed by atoms with van der Waals surface area (Å²) in [5.41, 5.74) is 2.95. The molecule has 1 aliphatic heterocycles. The van der Waals surface area contributed by atoms with E-state index in [9.17, 15) is 0 Å². The van der Waals surface area contributed by atoms with Crippen LogP contribution in [0, 0.1) is 11.3 Å². The van der Waals surface area contributed by atoms with Gasteiger partial charge in [0.1, 0.15) is 0 Å². The average Bonchev–Trinajstić information content (AvgIpc) is 3.38. The molecule has 1 aromatic heterocycles. The molecule has 136 valence electrons. The van der Waals surface area contributed by atoms with Crippen molar-refractivity contribution in [1.29, 1.82) is 5.26 Å². The van der Waals surface area contributed by atoms with Crippen LogP contribution in [0.15, 0.2) is 59.8 Å². The van der Waals surface area contributed by atoms with Gasteiger partial charge in [0, 0.05) is 11.4 Å². The Morgan fingerprint density at radius 2 is 1.70 bits per heavy atom. The lowest BCUT2D eigenvalue weighted by Crippen LogP contribution is -2.21. The monoisotopic (exact) mass is 375 g/mol. The molecule has 27 heavy (non-hydrogen) atoms. The standard InChI is InChI=1S/C21H21N5S/c22-14-17-8-10-18(11-9-17)16-27-21-24-23-20(15-25-12-4-5-13-25)26(21)19-6-2-1-3-7-19/h1-3,6-11H,4-5,12-13,15-16H2. The van der Waals surface area contributed by atoms with Crippen molar-refractivity contribution in [2.75, 3.05) is 13.1 Å². The summed E-state index contributed by atoms with van der Waals surface area (Å²) >= 11 is 1.68. The van der Waals surface area contributed by atoms with Gasteiger partial charge in [-0.1, -0.05) is 42.1 Å². The highest BCUT2D eigenvalue weighted by molar-refractivity contribution is 7.98. The van der Waals surface area contributed by atoms with E-state index in [1.165, 1.54) is 18.4 Å². The first kappa shape index (κ1) is 17.8. The predicted molar refractivity (Wildman–Crippen MR) is 107 cm³/mol. The van der Waals surface area contributed by atoms with Crippen molar-refractivity contribution in [2.45, 2.75) is 30.3 Å². The van der Waals surface area contributed by atoms with Gasteiger partial charge < -0.3 is 0 Å². The minimum Gasteiger partial charge on any atom is -0.296 e. The Balaban J connectivity index is 1.57. The van der Waals surface area contributed by atoms with Crippen LogP contribution < -0.4 is 0 Å². The lowest BCUT2D eigenvalue weighted by Gasteiger charge is -2.16. The Kier molecular flexibility index (Phi) is 5.52. The summed E-state index contributed by atoms with van der Waals surface area (Å²) < 4.78 is 2.17. The molecule has 0 atom stereocenters. The molecule has 4 rings (SSSR count). The molecule has 1 saturated heterocycles. The molecular weight excluding hydrogens is 354 g/mol. The van der Waals surface area contributed by atoms with Gasteiger partial charge in [0.2, 0.25) is 0 Å². The minimum atomic E-state index is 0.684. The van der Waals surface area contributed by atoms with Crippen LogP contribution in [0.5, 0.6) is 0 Å². The zero-order chi connectivity index (χ0) is 18.5. The number of thioether (sulfide) groups is 1. The van der Waals surface area contributed by atoms with Crippen LogP contribution in [0.4, 0.5) is 0 Å². The zero-order valence-corrected chi connectivity index (χ0v) is 15.9. The second kappa shape index (κ2) is 8.38. The van der Waals surface area contributed by atoms with Gasteiger partial charge in [0.25, 0.3) is 0 Å². The molecule has 3 aromatic rings. The molecule has 6 heteroatoms. The molecule has 0 spiro atoms. The summed E-state index contributed by atoms with van der Waals surface area (Å²) in [6, 6.07) is 20.2. The van der Waals surface area contributed by atoms with E-state index < -0.39 is 0 Å². The fraction of sp³-hybridized carbons (Fsp3) is 0.286. The molecule has 2 heterocycles. The molecule has 0 unspecified atom stereocenters. The van der Waals surface area contributed by atoms with E-state index in [1.54, 1.807) is 11.8 Å². The van der Waals surface area contributed by atoms with Crippen molar-refractivity contribution in [2.24, 2.45) is 0 Å². The second-order valence-corrected chi connectivity index (χ2v) is 7.59. The van der Waals surface area contributed by atoms with Crippen LogP contribution in [0.2, 0.25) is 0 Å². The second-order valence-electron chi connectivity index (χ2n) is 6.65. The van der Waals surface area contributed by atoms with E-state index >= 15 is 0 Å². The quantitative estimate of drug-likeness (QED) is 0.609. The molecule has 0 N–H and O–H groups in total. The van der Waals surface area contributed by atoms with Gasteiger partial charge in [-0.15, -0.1) is 10.2 Å². The Labute approximate surface area is 163 Å². The number of rotatable bonds is 6. The van der Waals surface area contributed by atoms with Crippen LogP contribution in [0.25, 0.3) is 5.69 Å². The molecule has 1 fully saturated rings. The summed E-state index contributed by atoms with van der Waals surface area (Å²) in [5, 5.41) is 18.8. The van der Waals surface area contributed by atoms with Gasteiger partial charge in [-0.3, -0.25) is 9.47 Å². The van der Waals surface area contributed by atoms with Crippen LogP contribution in [-0.4, -0.2) is 32.8 Å². The Bertz CT molecular complexity index is 921. The maximum atomic E-state index is 8.94. The fourth-order valence-electron chi connectivity index (χ4n) is 3.30. The number of aromatic nitrogens is 3. The molecule has 0 radical (unpaired) electrons. The highest BCUT2D eigenvalue weighted by atomic mass is 32.2. The van der Waals surface area contributed by atoms with Gasteiger partial charge in [-0.2, -0.15) is 5.26 Å². The van der Waals surface area contributed by atoms with E-state index in [1.807, 2.05) is 42.5 Å². The molecule has 0 saturated carbocycles. The van der Waals surface area contributed by atoms with Gasteiger partial charge >= 0.3 is 0 Å². The zero-order valence-electron chi connectivity index (χ0n) is 15.1. The summed E-state index contributed by atoms with van der Waals surface area (Å²) in [4.78, 5) is 2.44. The molecule has 0 amide bonds. The third-order valence-corrected chi connectivity index (χ3v) is 5.73. The molecule has 5 nitrogen and oxygen atoms in total. The first-order chi connectivity index (χ1) is 13.3. The van der Waals surface area contributed by atoms with E-state index in [2.05, 4.69) is 37.9 Å². The predicted octanol–water partition coefficient (Wildman–Crippen LogP) is 4.03. The third-order valence-electron chi connectivity index (χ3n) is 4.73. The van der Waals surface area contributed by atoms with Crippen LogP contribution in [0.3, 0.4) is 0 Å². The number of hydrogen-bond acceptors (Lipinski definition) is 5. The maximum absolute atomic E-state index is 8.94. The topological polar surface area (TPSA) is 57.7 Å². The Morgan fingerprint density at radius 1 is 0.963 bits per heavy atom. The van der Waals surface area contributed by atoms with Crippen molar-refractivity contribution in [3.05, 3.63) is 71.5 Å². The van der Waals surface area contributed by atoms with Crippen LogP contribution in [0.1, 0.15) is 29.8 Å². The van der Waals surface area contributed by atoms with Crippen LogP contribution >= 0.6 is 11.8 Å². The van der Waals surface area contributed by atoms with Crippen molar-refractivity contribution >= 4 is 11.8 Å². The van der Waals surface area contributed by atoms with Gasteiger partial charge in [0.15, 0.2) is 11.0 Å². The van der Waals surface area contributed by atoms with Gasteiger partial charge in [-0.05, 0) is 55.8 Å². The molecule has 2 aromatic carbocycles. The smallest absolute Gasteiger partial charge is 0.196 e. The fourth-order valence-corrected chi connectivity index (χ4v) is 4.22. The van der Waals surface area contributed by atoms with E-state index in [0.29, 0.717) is 5.56 Å². The minimum absolute atomic E-state index is 0.684. The van der Waals surface area contributed by atoms with Crippen molar-refractivity contribution in [1.82, 2.24) is 19.7 Å². The lowest BCUT2D eigenvalue weighted by molar-refractivity contribution is 0.319.